The predicted molar refractivity (Wildman–Crippen MR) is 111 cm³/mol. The van der Waals surface area contributed by atoms with Crippen molar-refractivity contribution in [2.45, 2.75) is 49.6 Å². The van der Waals surface area contributed by atoms with E-state index in [0.29, 0.717) is 10.8 Å². The van der Waals surface area contributed by atoms with Gasteiger partial charge < -0.3 is 10.4 Å². The van der Waals surface area contributed by atoms with Crippen LogP contribution in [-0.4, -0.2) is 19.6 Å². The Morgan fingerprint density at radius 1 is 1.21 bits per heavy atom. The van der Waals surface area contributed by atoms with Crippen LogP contribution < -0.4 is 10.0 Å². The van der Waals surface area contributed by atoms with Gasteiger partial charge in [0.1, 0.15) is 5.75 Å². The zero-order valence-electron chi connectivity index (χ0n) is 16.1. The van der Waals surface area contributed by atoms with E-state index in [1.54, 1.807) is 18.2 Å². The van der Waals surface area contributed by atoms with Gasteiger partial charge in [-0.1, -0.05) is 31.2 Å². The molecule has 0 saturated carbocycles. The molecule has 3 N–H and O–H groups in total. The lowest BCUT2D eigenvalue weighted by molar-refractivity contribution is 0.424. The fourth-order valence-electron chi connectivity index (χ4n) is 4.17. The number of aromatic hydroxyl groups is 1. The molecule has 5 nitrogen and oxygen atoms in total. The summed E-state index contributed by atoms with van der Waals surface area (Å²) >= 11 is 0. The van der Waals surface area contributed by atoms with E-state index < -0.39 is 10.0 Å². The maximum absolute atomic E-state index is 12.7. The quantitative estimate of drug-likeness (QED) is 0.657. The molecule has 0 bridgehead atoms. The molecule has 4 unspecified atom stereocenters. The summed E-state index contributed by atoms with van der Waals surface area (Å²) in [6, 6.07) is 12.7. The molecule has 1 aliphatic heterocycles. The number of benzene rings is 2. The maximum Gasteiger partial charge on any atom is 0.240 e. The highest BCUT2D eigenvalue weighted by Gasteiger charge is 2.38. The lowest BCUT2D eigenvalue weighted by Gasteiger charge is -2.37. The molecule has 2 aromatic rings. The van der Waals surface area contributed by atoms with Gasteiger partial charge in [-0.3, -0.25) is 0 Å². The van der Waals surface area contributed by atoms with Gasteiger partial charge in [-0.25, -0.2) is 13.1 Å². The number of phenols is 1. The minimum atomic E-state index is -3.53. The summed E-state index contributed by atoms with van der Waals surface area (Å²) in [5.74, 6) is 0.746. The average molecular weight is 399 g/mol. The highest BCUT2D eigenvalue weighted by atomic mass is 32.2. The van der Waals surface area contributed by atoms with Crippen molar-refractivity contribution in [3.05, 3.63) is 65.7 Å². The standard InChI is InChI=1S/C22H26N2O3S/c1-3-14(2)24-28(26,27)17-11-12-21-20(13-17)18-5-4-6-19(18)22(23-21)15-7-9-16(25)10-8-15/h4-5,7-14,18-19,22-25H,3,6H2,1-2H3. The van der Waals surface area contributed by atoms with Gasteiger partial charge in [0.25, 0.3) is 0 Å². The second-order valence-electron chi connectivity index (χ2n) is 7.75. The molecular weight excluding hydrogens is 372 g/mol. The van der Waals surface area contributed by atoms with E-state index in [4.69, 9.17) is 0 Å². The summed E-state index contributed by atoms with van der Waals surface area (Å²) in [7, 11) is -3.53. The molecule has 148 valence electrons. The van der Waals surface area contributed by atoms with E-state index in [2.05, 4.69) is 22.2 Å². The van der Waals surface area contributed by atoms with E-state index in [0.717, 1.165) is 29.7 Å². The number of fused-ring (bicyclic) bond motifs is 3. The lowest BCUT2D eigenvalue weighted by atomic mass is 9.77. The van der Waals surface area contributed by atoms with E-state index in [1.807, 2.05) is 38.1 Å². The molecule has 1 heterocycles. The number of sulfonamides is 1. The summed E-state index contributed by atoms with van der Waals surface area (Å²) in [5, 5.41) is 13.2. The van der Waals surface area contributed by atoms with Crippen LogP contribution in [-0.2, 0) is 10.0 Å². The highest BCUT2D eigenvalue weighted by Crippen LogP contribution is 2.50. The van der Waals surface area contributed by atoms with Crippen LogP contribution in [0, 0.1) is 5.92 Å². The minimum absolute atomic E-state index is 0.0999. The van der Waals surface area contributed by atoms with Crippen molar-refractivity contribution in [3.63, 3.8) is 0 Å². The number of hydrogen-bond acceptors (Lipinski definition) is 4. The fourth-order valence-corrected chi connectivity index (χ4v) is 5.53. The normalized spacial score (nSPS) is 24.3. The van der Waals surface area contributed by atoms with Crippen molar-refractivity contribution in [2.75, 3.05) is 5.32 Å². The molecule has 0 aromatic heterocycles. The number of phenolic OH excluding ortho intramolecular Hbond substituents is 1. The predicted octanol–water partition coefficient (Wildman–Crippen LogP) is 4.30. The van der Waals surface area contributed by atoms with Gasteiger partial charge in [0.15, 0.2) is 0 Å². The van der Waals surface area contributed by atoms with E-state index in [-0.39, 0.29) is 23.8 Å². The smallest absolute Gasteiger partial charge is 0.240 e. The van der Waals surface area contributed by atoms with Crippen LogP contribution in [0.1, 0.15) is 49.8 Å². The van der Waals surface area contributed by atoms with Gasteiger partial charge in [-0.15, -0.1) is 0 Å². The molecule has 2 aliphatic rings. The first-order valence-corrected chi connectivity index (χ1v) is 11.3. The summed E-state index contributed by atoms with van der Waals surface area (Å²) in [5.41, 5.74) is 3.12. The molecule has 28 heavy (non-hydrogen) atoms. The highest BCUT2D eigenvalue weighted by molar-refractivity contribution is 7.89. The largest absolute Gasteiger partial charge is 0.508 e. The van der Waals surface area contributed by atoms with E-state index in [9.17, 15) is 13.5 Å². The maximum atomic E-state index is 12.7. The second-order valence-corrected chi connectivity index (χ2v) is 9.46. The molecule has 0 fully saturated rings. The first-order chi connectivity index (χ1) is 13.4. The Bertz CT molecular complexity index is 999. The Labute approximate surface area is 166 Å². The van der Waals surface area contributed by atoms with Crippen LogP contribution >= 0.6 is 0 Å². The van der Waals surface area contributed by atoms with Crippen LogP contribution in [0.15, 0.2) is 59.5 Å². The number of allylic oxidation sites excluding steroid dienone is 2. The van der Waals surface area contributed by atoms with Crippen molar-refractivity contribution in [3.8, 4) is 5.75 Å². The first kappa shape index (κ1) is 19.0. The topological polar surface area (TPSA) is 78.4 Å². The molecule has 0 saturated heterocycles. The Kier molecular flexibility index (Phi) is 4.93. The third kappa shape index (κ3) is 3.42. The first-order valence-electron chi connectivity index (χ1n) is 9.77. The Morgan fingerprint density at radius 3 is 2.68 bits per heavy atom. The second kappa shape index (κ2) is 7.26. The minimum Gasteiger partial charge on any atom is -0.508 e. The van der Waals surface area contributed by atoms with Gasteiger partial charge in [-0.2, -0.15) is 0 Å². The summed E-state index contributed by atoms with van der Waals surface area (Å²) in [6.07, 6.45) is 6.05. The SMILES string of the molecule is CCC(C)NS(=O)(=O)c1ccc2c(c1)C1C=CCC1C(c1ccc(O)cc1)N2. The Balaban J connectivity index is 1.70. The van der Waals surface area contributed by atoms with E-state index >= 15 is 0 Å². The number of rotatable bonds is 5. The van der Waals surface area contributed by atoms with Crippen LogP contribution in [0.4, 0.5) is 5.69 Å². The molecule has 1 aliphatic carbocycles. The van der Waals surface area contributed by atoms with Gasteiger partial charge in [0.2, 0.25) is 10.0 Å². The molecule has 4 rings (SSSR count). The van der Waals surface area contributed by atoms with Crippen molar-refractivity contribution in [1.82, 2.24) is 4.72 Å². The van der Waals surface area contributed by atoms with Crippen molar-refractivity contribution < 1.29 is 13.5 Å². The molecule has 0 radical (unpaired) electrons. The van der Waals surface area contributed by atoms with Gasteiger partial charge >= 0.3 is 0 Å². The fraction of sp³-hybridized carbons (Fsp3) is 0.364. The summed E-state index contributed by atoms with van der Waals surface area (Å²) < 4.78 is 28.2. The van der Waals surface area contributed by atoms with Crippen molar-refractivity contribution in [2.24, 2.45) is 5.92 Å². The van der Waals surface area contributed by atoms with Gasteiger partial charge in [0.05, 0.1) is 10.9 Å². The summed E-state index contributed by atoms with van der Waals surface area (Å²) in [4.78, 5) is 0.315. The van der Waals surface area contributed by atoms with Crippen LogP contribution in [0.25, 0.3) is 0 Å². The lowest BCUT2D eigenvalue weighted by Crippen LogP contribution is -2.33. The third-order valence-corrected chi connectivity index (χ3v) is 7.45. The van der Waals surface area contributed by atoms with Gasteiger partial charge in [0, 0.05) is 17.6 Å². The monoisotopic (exact) mass is 398 g/mol. The number of hydrogen-bond donors (Lipinski definition) is 3. The molecular formula is C22H26N2O3S. The molecule has 0 spiro atoms. The number of anilines is 1. The van der Waals surface area contributed by atoms with Crippen molar-refractivity contribution >= 4 is 15.7 Å². The average Bonchev–Trinajstić information content (AvgIpc) is 3.17. The summed E-state index contributed by atoms with van der Waals surface area (Å²) in [6.45, 7) is 3.83. The zero-order chi connectivity index (χ0) is 19.9. The Hall–Kier alpha value is -2.31. The Morgan fingerprint density at radius 2 is 1.96 bits per heavy atom. The van der Waals surface area contributed by atoms with Crippen LogP contribution in [0.5, 0.6) is 5.75 Å². The van der Waals surface area contributed by atoms with Crippen LogP contribution in [0.2, 0.25) is 0 Å². The third-order valence-electron chi connectivity index (χ3n) is 5.87. The van der Waals surface area contributed by atoms with E-state index in [1.165, 1.54) is 0 Å². The molecule has 2 aromatic carbocycles. The van der Waals surface area contributed by atoms with Crippen molar-refractivity contribution in [1.29, 1.82) is 0 Å². The molecule has 0 amide bonds. The zero-order valence-corrected chi connectivity index (χ0v) is 16.9. The molecule has 4 atom stereocenters. The number of nitrogens with one attached hydrogen (secondary N) is 2. The van der Waals surface area contributed by atoms with Gasteiger partial charge in [-0.05, 0) is 67.1 Å². The molecule has 6 heteroatoms. The van der Waals surface area contributed by atoms with Crippen LogP contribution in [0.3, 0.4) is 0 Å².